The van der Waals surface area contributed by atoms with E-state index in [1.807, 2.05) is 6.26 Å². The van der Waals surface area contributed by atoms with Crippen molar-refractivity contribution in [3.8, 4) is 0 Å². The lowest BCUT2D eigenvalue weighted by molar-refractivity contribution is 0.675. The Morgan fingerprint density at radius 3 is 1.37 bits per heavy atom. The third-order valence-corrected chi connectivity index (χ3v) is 13.0. The fourth-order valence-electron chi connectivity index (χ4n) is 9.11. The van der Waals surface area contributed by atoms with Crippen molar-refractivity contribution in [2.24, 2.45) is 0 Å². The highest BCUT2D eigenvalue weighted by Crippen LogP contribution is 2.40. The van der Waals surface area contributed by atoms with Crippen LogP contribution in [0.2, 0.25) is 0 Å². The average molecular weight is 671 g/mol. The lowest BCUT2D eigenvalue weighted by Gasteiger charge is -2.18. The van der Waals surface area contributed by atoms with Crippen molar-refractivity contribution in [3.63, 3.8) is 0 Å². The van der Waals surface area contributed by atoms with E-state index in [4.69, 9.17) is 0 Å². The lowest BCUT2D eigenvalue weighted by atomic mass is 9.89. The van der Waals surface area contributed by atoms with Crippen LogP contribution in [-0.2, 0) is 30.1 Å². The van der Waals surface area contributed by atoms with Gasteiger partial charge in [-0.05, 0) is 134 Å². The summed E-state index contributed by atoms with van der Waals surface area (Å²) in [6.07, 6.45) is 4.54. The molecule has 0 amide bonds. The van der Waals surface area contributed by atoms with Crippen LogP contribution < -0.4 is 0 Å². The average Bonchev–Trinajstić information content (AvgIpc) is 3.17. The van der Waals surface area contributed by atoms with Gasteiger partial charge in [0.25, 0.3) is 0 Å². The number of hydrogen-bond acceptors (Lipinski definition) is 1. The van der Waals surface area contributed by atoms with Gasteiger partial charge >= 0.3 is 0 Å². The molecule has 0 spiro atoms. The van der Waals surface area contributed by atoms with E-state index in [1.54, 1.807) is 0 Å². The minimum Gasteiger partial charge on any atom is -0.259 e. The molecule has 14 bridgehead atoms. The molecule has 1 nitrogen and oxygen atoms in total. The quantitative estimate of drug-likeness (QED) is 0.159. The van der Waals surface area contributed by atoms with Gasteiger partial charge in [-0.2, -0.15) is 0 Å². The van der Waals surface area contributed by atoms with E-state index in [2.05, 4.69) is 146 Å². The second kappa shape index (κ2) is 11.0. The zero-order chi connectivity index (χ0) is 33.8. The van der Waals surface area contributed by atoms with E-state index in [1.165, 1.54) is 103 Å². The zero-order valence-corrected chi connectivity index (χ0v) is 29.2. The van der Waals surface area contributed by atoms with Gasteiger partial charge in [-0.15, -0.1) is 0 Å². The summed E-state index contributed by atoms with van der Waals surface area (Å²) in [6, 6.07) is 55.1. The van der Waals surface area contributed by atoms with Gasteiger partial charge in [0.1, 0.15) is 0 Å². The van der Waals surface area contributed by atoms with E-state index in [0.29, 0.717) is 6.42 Å². The summed E-state index contributed by atoms with van der Waals surface area (Å²) in [5.74, 6) is 0. The van der Waals surface area contributed by atoms with Gasteiger partial charge in [-0.25, -0.2) is 0 Å². The molecule has 0 saturated heterocycles. The third kappa shape index (κ3) is 4.49. The highest BCUT2D eigenvalue weighted by molar-refractivity contribution is 7.84. The van der Waals surface area contributed by atoms with E-state index in [-0.39, 0.29) is 5.25 Å². The van der Waals surface area contributed by atoms with Crippen LogP contribution in [0.5, 0.6) is 0 Å². The van der Waals surface area contributed by atoms with E-state index >= 15 is 0 Å². The molecule has 1 aliphatic rings. The normalized spacial score (nSPS) is 15.5. The van der Waals surface area contributed by atoms with E-state index in [0.717, 1.165) is 18.4 Å². The van der Waals surface area contributed by atoms with Gasteiger partial charge in [0.05, 0.1) is 5.25 Å². The highest BCUT2D eigenvalue weighted by Gasteiger charge is 2.19. The van der Waals surface area contributed by atoms with Gasteiger partial charge in [-0.1, -0.05) is 140 Å². The van der Waals surface area contributed by atoms with E-state index < -0.39 is 10.8 Å². The summed E-state index contributed by atoms with van der Waals surface area (Å²) in [4.78, 5) is 0. The van der Waals surface area contributed by atoms with E-state index in [9.17, 15) is 4.21 Å². The topological polar surface area (TPSA) is 17.1 Å². The molecule has 0 saturated carbocycles. The minimum atomic E-state index is -1.07. The van der Waals surface area contributed by atoms with Crippen LogP contribution in [0.3, 0.4) is 0 Å². The number of rotatable bonds is 1. The molecule has 0 fully saturated rings. The zero-order valence-electron chi connectivity index (χ0n) is 28.4. The fourth-order valence-corrected chi connectivity index (χ4v) is 10.1. The Hall–Kier alpha value is -5.57. The van der Waals surface area contributed by atoms with Crippen molar-refractivity contribution in [3.05, 3.63) is 168 Å². The molecular formula is C49H34OS. The first-order chi connectivity index (χ1) is 25.1. The standard InChI is InChI=1S/C49H34OS/c1-51(50)47-27-31-6-9-33-17-20-39-40(44(33)26-31)21-16-32-7-4-29(24-43(32)39)2-3-30-5-8-34-10-13-36-18-23-42-41(48(36)45(34)25-30)22-19-37-14-11-35-12-15-38(47)28-46(35)49(37)42/h4-26,28,47H,2-3,27H2,1H3. The number of aryl methyl sites for hydroxylation is 2. The van der Waals surface area contributed by atoms with Crippen LogP contribution in [0.15, 0.2) is 146 Å². The van der Waals surface area contributed by atoms with Gasteiger partial charge in [0.2, 0.25) is 0 Å². The van der Waals surface area contributed by atoms with Crippen molar-refractivity contribution in [2.75, 3.05) is 6.26 Å². The van der Waals surface area contributed by atoms with Crippen molar-refractivity contribution in [1.82, 2.24) is 0 Å². The Kier molecular flexibility index (Phi) is 6.27. The van der Waals surface area contributed by atoms with Gasteiger partial charge < -0.3 is 0 Å². The molecule has 10 aromatic carbocycles. The van der Waals surface area contributed by atoms with Crippen LogP contribution in [-0.4, -0.2) is 10.5 Å². The van der Waals surface area contributed by atoms with Crippen molar-refractivity contribution >= 4 is 97.0 Å². The molecule has 0 N–H and O–H groups in total. The van der Waals surface area contributed by atoms with Gasteiger partial charge in [0, 0.05) is 17.1 Å². The van der Waals surface area contributed by atoms with Gasteiger partial charge in [-0.3, -0.25) is 4.21 Å². The summed E-state index contributed by atoms with van der Waals surface area (Å²) in [5.41, 5.74) is 5.06. The number of benzene rings is 10. The minimum absolute atomic E-state index is 0.128. The monoisotopic (exact) mass is 670 g/mol. The summed E-state index contributed by atoms with van der Waals surface area (Å²) < 4.78 is 13.6. The largest absolute Gasteiger partial charge is 0.259 e. The summed E-state index contributed by atoms with van der Waals surface area (Å²) >= 11 is 0. The van der Waals surface area contributed by atoms with Crippen LogP contribution in [0.4, 0.5) is 0 Å². The lowest BCUT2D eigenvalue weighted by Crippen LogP contribution is -2.09. The molecule has 2 heteroatoms. The van der Waals surface area contributed by atoms with Crippen LogP contribution in [0.1, 0.15) is 27.5 Å². The second-order valence-corrected chi connectivity index (χ2v) is 16.2. The summed E-state index contributed by atoms with van der Waals surface area (Å²) in [6.45, 7) is 0. The highest BCUT2D eigenvalue weighted by atomic mass is 32.2. The number of fused-ring (bicyclic) bond motifs is 4. The molecule has 2 atom stereocenters. The smallest absolute Gasteiger partial charge is 0.0634 e. The Morgan fingerprint density at radius 2 is 0.784 bits per heavy atom. The Bertz CT molecular complexity index is 3150. The molecule has 242 valence electrons. The molecule has 0 heterocycles. The summed E-state index contributed by atoms with van der Waals surface area (Å²) in [5, 5.41) is 20.2. The maximum Gasteiger partial charge on any atom is 0.0634 e. The number of hydrogen-bond donors (Lipinski definition) is 0. The third-order valence-electron chi connectivity index (χ3n) is 11.7. The molecular weight excluding hydrogens is 637 g/mol. The van der Waals surface area contributed by atoms with Crippen LogP contribution >= 0.6 is 0 Å². The SMILES string of the molecule is CS(=O)C1Cc2ccc3ccc4c5cc(ccc5ccc4c3c2)CCc2ccc3ccc4ccc5c(ccc6ccc7ccc1cc7c65)c4c3c2. The predicted octanol–water partition coefficient (Wildman–Crippen LogP) is 12.7. The van der Waals surface area contributed by atoms with Gasteiger partial charge in [0.15, 0.2) is 0 Å². The predicted molar refractivity (Wildman–Crippen MR) is 221 cm³/mol. The maximum atomic E-state index is 13.6. The van der Waals surface area contributed by atoms with Crippen LogP contribution in [0, 0.1) is 0 Å². The molecule has 1 aliphatic carbocycles. The molecule has 51 heavy (non-hydrogen) atoms. The molecule has 2 unspecified atom stereocenters. The van der Waals surface area contributed by atoms with Crippen molar-refractivity contribution in [2.45, 2.75) is 24.5 Å². The molecule has 10 aromatic rings. The second-order valence-electron chi connectivity index (χ2n) is 14.6. The van der Waals surface area contributed by atoms with Crippen molar-refractivity contribution in [1.29, 1.82) is 0 Å². The Morgan fingerprint density at radius 1 is 0.392 bits per heavy atom. The first kappa shape index (κ1) is 29.2. The van der Waals surface area contributed by atoms with Crippen molar-refractivity contribution < 1.29 is 4.21 Å². The fraction of sp³-hybridized carbons (Fsp3) is 0.102. The first-order valence-corrected chi connectivity index (χ1v) is 19.6. The van der Waals surface area contributed by atoms with Crippen LogP contribution in [0.25, 0.3) is 86.2 Å². The maximum absolute atomic E-state index is 13.6. The molecule has 0 aromatic heterocycles. The molecule has 0 aliphatic heterocycles. The Labute approximate surface area is 298 Å². The summed E-state index contributed by atoms with van der Waals surface area (Å²) in [7, 11) is -1.07. The molecule has 0 radical (unpaired) electrons. The first-order valence-electron chi connectivity index (χ1n) is 18.0. The molecule has 11 rings (SSSR count). The Balaban J connectivity index is 1.24.